The molecule has 10 heteroatoms. The summed E-state index contributed by atoms with van der Waals surface area (Å²) in [7, 11) is -4.01. The van der Waals surface area contributed by atoms with Crippen LogP contribution in [0.2, 0.25) is 5.02 Å². The molecule has 0 unspecified atom stereocenters. The molecule has 1 aliphatic rings. The Labute approximate surface area is 201 Å². The molecule has 3 aromatic carbocycles. The normalized spacial score (nSPS) is 13.0. The van der Waals surface area contributed by atoms with Crippen LogP contribution >= 0.6 is 11.6 Å². The van der Waals surface area contributed by atoms with Gasteiger partial charge < -0.3 is 13.9 Å². The number of nitrogens with zero attached hydrogens (tertiary/aromatic N) is 3. The molecule has 0 aliphatic carbocycles. The Hall–Kier alpha value is -3.56. The molecule has 8 nitrogen and oxygen atoms in total. The minimum Gasteiger partial charge on any atom is -0.486 e. The average molecular weight is 498 g/mol. The molecule has 2 heterocycles. The second-order valence-electron chi connectivity index (χ2n) is 7.66. The van der Waals surface area contributed by atoms with Crippen molar-refractivity contribution in [1.82, 2.24) is 10.2 Å². The number of halogens is 1. The van der Waals surface area contributed by atoms with E-state index in [1.165, 1.54) is 16.4 Å². The van der Waals surface area contributed by atoms with Gasteiger partial charge in [-0.3, -0.25) is 4.31 Å². The van der Waals surface area contributed by atoms with E-state index in [0.717, 1.165) is 5.56 Å². The molecule has 0 saturated carbocycles. The Morgan fingerprint density at radius 3 is 2.35 bits per heavy atom. The molecule has 5 rings (SSSR count). The van der Waals surface area contributed by atoms with Crippen LogP contribution in [0.3, 0.4) is 0 Å². The van der Waals surface area contributed by atoms with E-state index in [2.05, 4.69) is 10.2 Å². The zero-order valence-electron chi connectivity index (χ0n) is 18.1. The van der Waals surface area contributed by atoms with Gasteiger partial charge in [0.15, 0.2) is 11.5 Å². The fourth-order valence-corrected chi connectivity index (χ4v) is 5.04. The number of ether oxygens (including phenoxy) is 2. The van der Waals surface area contributed by atoms with Crippen molar-refractivity contribution in [1.29, 1.82) is 0 Å². The van der Waals surface area contributed by atoms with Crippen molar-refractivity contribution in [3.8, 4) is 23.0 Å². The van der Waals surface area contributed by atoms with Crippen molar-refractivity contribution in [3.63, 3.8) is 0 Å². The first-order chi connectivity index (χ1) is 16.4. The summed E-state index contributed by atoms with van der Waals surface area (Å²) in [6.45, 7) is 2.55. The third-order valence-electron chi connectivity index (χ3n) is 5.26. The van der Waals surface area contributed by atoms with E-state index in [1.54, 1.807) is 42.5 Å². The van der Waals surface area contributed by atoms with E-state index in [9.17, 15) is 8.42 Å². The predicted octanol–water partition coefficient (Wildman–Crippen LogP) is 4.87. The largest absolute Gasteiger partial charge is 0.486 e. The molecule has 0 fully saturated rings. The van der Waals surface area contributed by atoms with Gasteiger partial charge in [0.05, 0.1) is 10.6 Å². The Morgan fingerprint density at radius 2 is 1.62 bits per heavy atom. The summed E-state index contributed by atoms with van der Waals surface area (Å²) in [6, 6.07) is 18.7. The number of benzene rings is 3. The maximum absolute atomic E-state index is 13.7. The zero-order valence-corrected chi connectivity index (χ0v) is 19.7. The Balaban J connectivity index is 1.51. The number of rotatable bonds is 6. The molecule has 4 aromatic rings. The van der Waals surface area contributed by atoms with Crippen LogP contribution in [-0.4, -0.2) is 31.8 Å². The second kappa shape index (κ2) is 9.00. The standard InChI is InChI=1S/C24H20ClN3O5S/c1-16-2-8-19(9-3-16)28(15-23-26-27-24(33-23)17-4-6-18(25)7-5-17)34(29,30)20-10-11-21-22(14-20)32-13-12-31-21/h2-11,14H,12-13,15H2,1H3. The van der Waals surface area contributed by atoms with Crippen LogP contribution in [0.15, 0.2) is 76.0 Å². The van der Waals surface area contributed by atoms with Gasteiger partial charge in [0.1, 0.15) is 19.8 Å². The van der Waals surface area contributed by atoms with Crippen LogP contribution in [0.4, 0.5) is 5.69 Å². The predicted molar refractivity (Wildman–Crippen MR) is 127 cm³/mol. The summed E-state index contributed by atoms with van der Waals surface area (Å²) in [5.41, 5.74) is 2.15. The highest BCUT2D eigenvalue weighted by Crippen LogP contribution is 2.35. The summed E-state index contributed by atoms with van der Waals surface area (Å²) in [5, 5.41) is 8.73. The molecule has 0 amide bonds. The van der Waals surface area contributed by atoms with Crippen LogP contribution in [0.5, 0.6) is 11.5 Å². The third-order valence-corrected chi connectivity index (χ3v) is 7.28. The quantitative estimate of drug-likeness (QED) is 0.375. The fourth-order valence-electron chi connectivity index (χ4n) is 3.49. The minimum absolute atomic E-state index is 0.0646. The molecule has 174 valence electrons. The van der Waals surface area contributed by atoms with Gasteiger partial charge in [-0.2, -0.15) is 0 Å². The maximum Gasteiger partial charge on any atom is 0.264 e. The molecule has 0 N–H and O–H groups in total. The molecule has 0 atom stereocenters. The smallest absolute Gasteiger partial charge is 0.264 e. The second-order valence-corrected chi connectivity index (χ2v) is 9.96. The highest BCUT2D eigenvalue weighted by atomic mass is 35.5. The van der Waals surface area contributed by atoms with E-state index in [0.29, 0.717) is 41.0 Å². The lowest BCUT2D eigenvalue weighted by atomic mass is 10.2. The van der Waals surface area contributed by atoms with E-state index >= 15 is 0 Å². The van der Waals surface area contributed by atoms with E-state index in [4.69, 9.17) is 25.5 Å². The molecule has 34 heavy (non-hydrogen) atoms. The highest BCUT2D eigenvalue weighted by Gasteiger charge is 2.29. The summed E-state index contributed by atoms with van der Waals surface area (Å²) < 4.78 is 45.6. The van der Waals surface area contributed by atoms with Crippen molar-refractivity contribution in [2.45, 2.75) is 18.4 Å². The number of aryl methyl sites for hydroxylation is 1. The summed E-state index contributed by atoms with van der Waals surface area (Å²) in [6.07, 6.45) is 0. The van der Waals surface area contributed by atoms with E-state index < -0.39 is 10.0 Å². The van der Waals surface area contributed by atoms with E-state index in [-0.39, 0.29) is 23.2 Å². The van der Waals surface area contributed by atoms with Crippen molar-refractivity contribution in [3.05, 3.63) is 83.2 Å². The monoisotopic (exact) mass is 497 g/mol. The summed E-state index contributed by atoms with van der Waals surface area (Å²) in [5.74, 6) is 1.31. The van der Waals surface area contributed by atoms with Gasteiger partial charge in [-0.25, -0.2) is 8.42 Å². The SMILES string of the molecule is Cc1ccc(N(Cc2nnc(-c3ccc(Cl)cc3)o2)S(=O)(=O)c2ccc3c(c2)OCCO3)cc1. The number of anilines is 1. The number of fused-ring (bicyclic) bond motifs is 1. The number of hydrogen-bond donors (Lipinski definition) is 0. The van der Waals surface area contributed by atoms with Crippen LogP contribution in [-0.2, 0) is 16.6 Å². The van der Waals surface area contributed by atoms with Gasteiger partial charge in [0.2, 0.25) is 11.8 Å². The number of aromatic nitrogens is 2. The fraction of sp³-hybridized carbons (Fsp3) is 0.167. The van der Waals surface area contributed by atoms with Crippen LogP contribution in [0.1, 0.15) is 11.5 Å². The molecular weight excluding hydrogens is 478 g/mol. The molecular formula is C24H20ClN3O5S. The first-order valence-electron chi connectivity index (χ1n) is 10.5. The lowest BCUT2D eigenvalue weighted by Gasteiger charge is -2.24. The Bertz CT molecular complexity index is 1420. The Morgan fingerprint density at radius 1 is 0.912 bits per heavy atom. The van der Waals surface area contributed by atoms with Crippen molar-refractivity contribution < 1.29 is 22.3 Å². The van der Waals surface area contributed by atoms with Gasteiger partial charge >= 0.3 is 0 Å². The minimum atomic E-state index is -4.01. The first kappa shape index (κ1) is 22.2. The van der Waals surface area contributed by atoms with Crippen molar-refractivity contribution in [2.24, 2.45) is 0 Å². The van der Waals surface area contributed by atoms with Gasteiger partial charge in [-0.15, -0.1) is 10.2 Å². The van der Waals surface area contributed by atoms with Crippen molar-refractivity contribution in [2.75, 3.05) is 17.5 Å². The molecule has 0 radical (unpaired) electrons. The number of sulfonamides is 1. The van der Waals surface area contributed by atoms with Crippen LogP contribution < -0.4 is 13.8 Å². The third kappa shape index (κ3) is 4.44. The van der Waals surface area contributed by atoms with Gasteiger partial charge in [-0.05, 0) is 55.5 Å². The van der Waals surface area contributed by atoms with E-state index in [1.807, 2.05) is 19.1 Å². The average Bonchev–Trinajstić information content (AvgIpc) is 3.32. The zero-order chi connectivity index (χ0) is 23.7. The van der Waals surface area contributed by atoms with Gasteiger partial charge in [-0.1, -0.05) is 29.3 Å². The summed E-state index contributed by atoms with van der Waals surface area (Å²) >= 11 is 5.95. The number of hydrogen-bond acceptors (Lipinski definition) is 7. The van der Waals surface area contributed by atoms with Gasteiger partial charge in [0.25, 0.3) is 10.0 Å². The molecule has 0 saturated heterocycles. The van der Waals surface area contributed by atoms with Gasteiger partial charge in [0, 0.05) is 16.7 Å². The lowest BCUT2D eigenvalue weighted by Crippen LogP contribution is -2.31. The molecule has 1 aromatic heterocycles. The topological polar surface area (TPSA) is 94.8 Å². The molecule has 0 spiro atoms. The van der Waals surface area contributed by atoms with Crippen LogP contribution in [0.25, 0.3) is 11.5 Å². The van der Waals surface area contributed by atoms with Crippen molar-refractivity contribution >= 4 is 27.3 Å². The highest BCUT2D eigenvalue weighted by molar-refractivity contribution is 7.92. The molecule has 0 bridgehead atoms. The summed E-state index contributed by atoms with van der Waals surface area (Å²) in [4.78, 5) is 0.0646. The maximum atomic E-state index is 13.7. The Kier molecular flexibility index (Phi) is 5.89. The molecule has 1 aliphatic heterocycles. The van der Waals surface area contributed by atoms with Crippen LogP contribution in [0, 0.1) is 6.92 Å². The lowest BCUT2D eigenvalue weighted by molar-refractivity contribution is 0.171. The first-order valence-corrected chi connectivity index (χ1v) is 12.3.